The van der Waals surface area contributed by atoms with Gasteiger partial charge in [0.25, 0.3) is 5.91 Å². The number of carbonyl (C=O) groups is 2. The lowest BCUT2D eigenvalue weighted by Crippen LogP contribution is -2.47. The molecular formula is C21H21FN4O3. The maximum absolute atomic E-state index is 13.0. The number of carbonyl (C=O) groups excluding carboxylic acids is 1. The average Bonchev–Trinajstić information content (AvgIpc) is 2.73. The Bertz CT molecular complexity index is 932. The quantitative estimate of drug-likeness (QED) is 0.779. The second-order valence-corrected chi connectivity index (χ2v) is 6.73. The minimum absolute atomic E-state index is 0.104. The monoisotopic (exact) mass is 396 g/mol. The molecule has 0 radical (unpaired) electrons. The molecule has 1 fully saturated rings. The van der Waals surface area contributed by atoms with Crippen LogP contribution < -0.4 is 10.2 Å². The molecular weight excluding hydrogens is 375 g/mol. The molecule has 0 spiro atoms. The van der Waals surface area contributed by atoms with Gasteiger partial charge in [0.15, 0.2) is 0 Å². The molecule has 0 unspecified atom stereocenters. The van der Waals surface area contributed by atoms with Crippen molar-refractivity contribution < 1.29 is 19.1 Å². The van der Waals surface area contributed by atoms with Gasteiger partial charge in [-0.2, -0.15) is 5.26 Å². The first kappa shape index (κ1) is 20.3. The number of amides is 1. The fourth-order valence-electron chi connectivity index (χ4n) is 3.29. The second kappa shape index (κ2) is 9.17. The number of nitrogens with zero attached hydrogens (tertiary/aromatic N) is 3. The van der Waals surface area contributed by atoms with Crippen molar-refractivity contribution in [2.24, 2.45) is 0 Å². The van der Waals surface area contributed by atoms with Crippen molar-refractivity contribution in [3.63, 3.8) is 0 Å². The zero-order chi connectivity index (χ0) is 20.8. The first-order chi connectivity index (χ1) is 14.0. The van der Waals surface area contributed by atoms with Crippen LogP contribution in [-0.2, 0) is 0 Å². The van der Waals surface area contributed by atoms with Gasteiger partial charge in [0.2, 0.25) is 0 Å². The van der Waals surface area contributed by atoms with E-state index in [1.54, 1.807) is 12.1 Å². The lowest BCUT2D eigenvalue weighted by molar-refractivity contribution is 0.0697. The molecule has 0 aliphatic carbocycles. The number of halogens is 1. The van der Waals surface area contributed by atoms with Crippen LogP contribution in [0.2, 0.25) is 0 Å². The van der Waals surface area contributed by atoms with Crippen molar-refractivity contribution >= 4 is 23.3 Å². The third kappa shape index (κ3) is 5.09. The van der Waals surface area contributed by atoms with Crippen LogP contribution >= 0.6 is 0 Å². The minimum atomic E-state index is -1.08. The van der Waals surface area contributed by atoms with Crippen LogP contribution in [0.3, 0.4) is 0 Å². The smallest absolute Gasteiger partial charge is 0.337 e. The molecule has 0 aromatic heterocycles. The van der Waals surface area contributed by atoms with E-state index < -0.39 is 17.7 Å². The van der Waals surface area contributed by atoms with E-state index >= 15 is 0 Å². The Hall–Kier alpha value is -3.44. The summed E-state index contributed by atoms with van der Waals surface area (Å²) in [5.41, 5.74) is 1.33. The van der Waals surface area contributed by atoms with E-state index in [0.717, 1.165) is 13.1 Å². The van der Waals surface area contributed by atoms with Crippen LogP contribution in [0.4, 0.5) is 15.8 Å². The van der Waals surface area contributed by atoms with Crippen LogP contribution in [0.1, 0.15) is 27.1 Å². The molecule has 7 nitrogen and oxygen atoms in total. The molecule has 2 aromatic carbocycles. The van der Waals surface area contributed by atoms with Gasteiger partial charge in [-0.1, -0.05) is 0 Å². The number of benzene rings is 2. The average molecular weight is 396 g/mol. The summed E-state index contributed by atoms with van der Waals surface area (Å²) in [4.78, 5) is 28.3. The van der Waals surface area contributed by atoms with Gasteiger partial charge in [-0.25, -0.2) is 9.18 Å². The number of hydrogen-bond acceptors (Lipinski definition) is 5. The number of nitriles is 1. The molecule has 0 bridgehead atoms. The number of aromatic carboxylic acids is 1. The highest BCUT2D eigenvalue weighted by molar-refractivity contribution is 6.05. The van der Waals surface area contributed by atoms with Crippen LogP contribution in [0.25, 0.3) is 0 Å². The van der Waals surface area contributed by atoms with E-state index in [4.69, 9.17) is 5.26 Å². The maximum Gasteiger partial charge on any atom is 0.337 e. The lowest BCUT2D eigenvalue weighted by atomic mass is 10.1. The maximum atomic E-state index is 13.0. The number of hydrogen-bond donors (Lipinski definition) is 2. The highest BCUT2D eigenvalue weighted by Gasteiger charge is 2.22. The van der Waals surface area contributed by atoms with Crippen LogP contribution in [0, 0.1) is 17.1 Å². The predicted octanol–water partition coefficient (Wildman–Crippen LogP) is 2.81. The Morgan fingerprint density at radius 3 is 2.41 bits per heavy atom. The predicted molar refractivity (Wildman–Crippen MR) is 107 cm³/mol. The molecule has 1 amide bonds. The SMILES string of the molecule is N#CCCN1CCN(c2ccc(NC(=O)c3ccc(F)cc3)cc2C(=O)O)CC1. The second-order valence-electron chi connectivity index (χ2n) is 6.73. The highest BCUT2D eigenvalue weighted by atomic mass is 19.1. The Kier molecular flexibility index (Phi) is 6.42. The van der Waals surface area contributed by atoms with Crippen molar-refractivity contribution in [1.82, 2.24) is 4.90 Å². The molecule has 1 saturated heterocycles. The standard InChI is InChI=1S/C21H21FN4O3/c22-16-4-2-15(3-5-16)20(27)24-17-6-7-19(18(14-17)21(28)29)26-12-10-25(11-13-26)9-1-8-23/h2-7,14H,1,9-13H2,(H,24,27)(H,28,29). The summed E-state index contributed by atoms with van der Waals surface area (Å²) in [6, 6.07) is 12.0. The Morgan fingerprint density at radius 1 is 1.10 bits per heavy atom. The molecule has 2 aromatic rings. The fraction of sp³-hybridized carbons (Fsp3) is 0.286. The van der Waals surface area contributed by atoms with Crippen molar-refractivity contribution in [1.29, 1.82) is 5.26 Å². The molecule has 29 heavy (non-hydrogen) atoms. The Balaban J connectivity index is 1.72. The first-order valence-corrected chi connectivity index (χ1v) is 9.26. The number of carboxylic acids is 1. The minimum Gasteiger partial charge on any atom is -0.478 e. The van der Waals surface area contributed by atoms with Gasteiger partial charge < -0.3 is 15.3 Å². The van der Waals surface area contributed by atoms with Gasteiger partial charge in [0.1, 0.15) is 5.82 Å². The number of anilines is 2. The Labute approximate surface area is 168 Å². The molecule has 3 rings (SSSR count). The summed E-state index contributed by atoms with van der Waals surface area (Å²) in [6.45, 7) is 3.54. The van der Waals surface area contributed by atoms with Gasteiger partial charge in [0.05, 0.1) is 17.3 Å². The van der Waals surface area contributed by atoms with Crippen LogP contribution in [-0.4, -0.2) is 54.6 Å². The van der Waals surface area contributed by atoms with Gasteiger partial charge in [-0.05, 0) is 42.5 Å². The molecule has 1 aliphatic heterocycles. The summed E-state index contributed by atoms with van der Waals surface area (Å²) in [7, 11) is 0. The van der Waals surface area contributed by atoms with Crippen molar-refractivity contribution in [2.75, 3.05) is 42.9 Å². The third-order valence-electron chi connectivity index (χ3n) is 4.84. The molecule has 2 N–H and O–H groups in total. The number of carboxylic acid groups (broad SMARTS) is 1. The molecule has 1 aliphatic rings. The summed E-state index contributed by atoms with van der Waals surface area (Å²) in [5.74, 6) is -1.96. The van der Waals surface area contributed by atoms with Crippen molar-refractivity contribution in [2.45, 2.75) is 6.42 Å². The number of piperazine rings is 1. The van der Waals surface area contributed by atoms with Crippen molar-refractivity contribution in [3.05, 3.63) is 59.4 Å². The first-order valence-electron chi connectivity index (χ1n) is 9.26. The fourth-order valence-corrected chi connectivity index (χ4v) is 3.29. The van der Waals surface area contributed by atoms with Gasteiger partial charge >= 0.3 is 5.97 Å². The summed E-state index contributed by atoms with van der Waals surface area (Å²) < 4.78 is 13.0. The topological polar surface area (TPSA) is 96.7 Å². The zero-order valence-electron chi connectivity index (χ0n) is 15.8. The summed E-state index contributed by atoms with van der Waals surface area (Å²) >= 11 is 0. The largest absolute Gasteiger partial charge is 0.478 e. The van der Waals surface area contributed by atoms with E-state index in [1.165, 1.54) is 30.3 Å². The third-order valence-corrected chi connectivity index (χ3v) is 4.84. The highest BCUT2D eigenvalue weighted by Crippen LogP contribution is 2.26. The molecule has 150 valence electrons. The van der Waals surface area contributed by atoms with E-state index in [9.17, 15) is 19.1 Å². The summed E-state index contributed by atoms with van der Waals surface area (Å²) in [5, 5.41) is 21.0. The summed E-state index contributed by atoms with van der Waals surface area (Å²) in [6.07, 6.45) is 0.475. The van der Waals surface area contributed by atoms with E-state index in [1.807, 2.05) is 4.90 Å². The molecule has 8 heteroatoms. The van der Waals surface area contributed by atoms with Crippen LogP contribution in [0.5, 0.6) is 0 Å². The molecule has 0 atom stereocenters. The van der Waals surface area contributed by atoms with Gasteiger partial charge in [-0.15, -0.1) is 0 Å². The number of rotatable bonds is 6. The molecule has 1 heterocycles. The van der Waals surface area contributed by atoms with E-state index in [-0.39, 0.29) is 11.1 Å². The number of nitrogens with one attached hydrogen (secondary N) is 1. The Morgan fingerprint density at radius 2 is 1.79 bits per heavy atom. The van der Waals surface area contributed by atoms with Crippen molar-refractivity contribution in [3.8, 4) is 6.07 Å². The lowest BCUT2D eigenvalue weighted by Gasteiger charge is -2.36. The normalized spacial score (nSPS) is 14.3. The molecule has 0 saturated carbocycles. The zero-order valence-corrected chi connectivity index (χ0v) is 15.8. The van der Waals surface area contributed by atoms with E-state index in [2.05, 4.69) is 16.3 Å². The van der Waals surface area contributed by atoms with Gasteiger partial charge in [0, 0.05) is 50.4 Å². The van der Waals surface area contributed by atoms with E-state index in [0.29, 0.717) is 37.4 Å². The van der Waals surface area contributed by atoms with Crippen LogP contribution in [0.15, 0.2) is 42.5 Å². The van der Waals surface area contributed by atoms with Gasteiger partial charge in [-0.3, -0.25) is 9.69 Å².